The number of likely N-dealkylation sites (tertiary alicyclic amines) is 1. The maximum absolute atomic E-state index is 14.0. The quantitative estimate of drug-likeness (QED) is 0.451. The van der Waals surface area contributed by atoms with Gasteiger partial charge in [-0.1, -0.05) is 17.3 Å². The number of hydrogen-bond donors (Lipinski definition) is 0. The summed E-state index contributed by atoms with van der Waals surface area (Å²) in [5.74, 6) is -1.03. The van der Waals surface area contributed by atoms with E-state index in [1.54, 1.807) is 19.1 Å². The van der Waals surface area contributed by atoms with Crippen molar-refractivity contribution in [1.29, 1.82) is 0 Å². The van der Waals surface area contributed by atoms with Crippen LogP contribution in [0.15, 0.2) is 29.4 Å². The topological polar surface area (TPSA) is 71.0 Å². The molecule has 0 aromatic heterocycles. The minimum atomic E-state index is -1.05. The molecule has 4 aliphatic rings. The molecule has 3 fully saturated rings. The number of ether oxygens (including phenoxy) is 1. The van der Waals surface area contributed by atoms with Crippen LogP contribution in [0.5, 0.6) is 0 Å². The van der Waals surface area contributed by atoms with Crippen molar-refractivity contribution in [1.82, 2.24) is 0 Å². The van der Waals surface area contributed by atoms with Gasteiger partial charge in [-0.25, -0.2) is 4.39 Å². The molecule has 1 saturated heterocycles. The van der Waals surface area contributed by atoms with Crippen molar-refractivity contribution < 1.29 is 23.4 Å². The Labute approximate surface area is 163 Å². The molecule has 0 spiro atoms. The third-order valence-corrected chi connectivity index (χ3v) is 7.18. The molecule has 2 heterocycles. The average Bonchev–Trinajstić information content (AvgIpc) is 3.04. The fourth-order valence-corrected chi connectivity index (χ4v) is 6.00. The van der Waals surface area contributed by atoms with E-state index < -0.39 is 10.4 Å². The Morgan fingerprint density at radius 2 is 2.04 bits per heavy atom. The number of carbonyl (C=O) groups excluding carboxylic acids is 1. The molecule has 0 radical (unpaired) electrons. The highest BCUT2D eigenvalue weighted by Crippen LogP contribution is 2.68. The fourth-order valence-electron chi connectivity index (χ4n) is 6.00. The summed E-state index contributed by atoms with van der Waals surface area (Å²) in [6.07, 6.45) is 3.31. The van der Waals surface area contributed by atoms with Crippen LogP contribution in [0.25, 0.3) is 0 Å². The van der Waals surface area contributed by atoms with Gasteiger partial charge in [-0.2, -0.15) is 0 Å². The first-order valence-corrected chi connectivity index (χ1v) is 10.3. The monoisotopic (exact) mass is 388 g/mol. The zero-order chi connectivity index (χ0) is 19.5. The van der Waals surface area contributed by atoms with Crippen LogP contribution >= 0.6 is 0 Å². The summed E-state index contributed by atoms with van der Waals surface area (Å²) < 4.78 is 18.2. The van der Waals surface area contributed by atoms with E-state index in [0.717, 1.165) is 31.2 Å². The third-order valence-electron chi connectivity index (χ3n) is 7.18. The number of esters is 1. The van der Waals surface area contributed by atoms with Crippen molar-refractivity contribution >= 4 is 11.7 Å². The normalized spacial score (nSPS) is 37.5. The second-order valence-electron chi connectivity index (χ2n) is 8.47. The van der Waals surface area contributed by atoms with E-state index in [4.69, 9.17) is 9.57 Å². The molecule has 2 aliphatic heterocycles. The van der Waals surface area contributed by atoms with Crippen molar-refractivity contribution in [3.63, 3.8) is 0 Å². The molecule has 28 heavy (non-hydrogen) atoms. The van der Waals surface area contributed by atoms with Gasteiger partial charge in [0, 0.05) is 18.4 Å². The SMILES string of the molecule is CCOC(=O)C1C2CCC3C(c4ccc(F)cc4)=NOC3([N+]3([O-])CCCC3)C21. The second-order valence-corrected chi connectivity index (χ2v) is 8.47. The van der Waals surface area contributed by atoms with Gasteiger partial charge in [-0.15, -0.1) is 0 Å². The average molecular weight is 388 g/mol. The van der Waals surface area contributed by atoms with Gasteiger partial charge in [0.05, 0.1) is 31.5 Å². The highest BCUT2D eigenvalue weighted by Gasteiger charge is 2.79. The predicted molar refractivity (Wildman–Crippen MR) is 99.2 cm³/mol. The van der Waals surface area contributed by atoms with Crippen LogP contribution in [0, 0.1) is 34.7 Å². The van der Waals surface area contributed by atoms with Crippen LogP contribution in [0.1, 0.15) is 38.2 Å². The van der Waals surface area contributed by atoms with Gasteiger partial charge < -0.3 is 19.4 Å². The Kier molecular flexibility index (Phi) is 4.04. The number of nitrogens with zero attached hydrogens (tertiary/aromatic N) is 2. The van der Waals surface area contributed by atoms with E-state index in [9.17, 15) is 14.4 Å². The van der Waals surface area contributed by atoms with E-state index in [0.29, 0.717) is 25.4 Å². The van der Waals surface area contributed by atoms with Crippen LogP contribution in [0.4, 0.5) is 4.39 Å². The molecule has 7 heteroatoms. The highest BCUT2D eigenvalue weighted by atomic mass is 19.1. The number of carbonyl (C=O) groups is 1. The molecule has 5 unspecified atom stereocenters. The summed E-state index contributed by atoms with van der Waals surface area (Å²) in [7, 11) is 0. The van der Waals surface area contributed by atoms with Gasteiger partial charge in [0.1, 0.15) is 17.4 Å². The van der Waals surface area contributed by atoms with Gasteiger partial charge in [-0.3, -0.25) is 4.79 Å². The van der Waals surface area contributed by atoms with Gasteiger partial charge >= 0.3 is 5.97 Å². The van der Waals surface area contributed by atoms with E-state index in [1.165, 1.54) is 12.1 Å². The standard InChI is InChI=1S/C21H25FN2O4/c1-2-27-20(25)17-15-9-10-16-19(13-5-7-14(22)8-6-13)23-28-21(16,18(15)17)24(26)11-3-4-12-24/h5-8,15-18H,2-4,9-12H2,1H3. The molecule has 150 valence electrons. The minimum absolute atomic E-state index is 0.127. The Hall–Kier alpha value is -1.99. The van der Waals surface area contributed by atoms with E-state index >= 15 is 0 Å². The third kappa shape index (κ3) is 2.32. The minimum Gasteiger partial charge on any atom is -0.630 e. The Morgan fingerprint density at radius 1 is 1.32 bits per heavy atom. The van der Waals surface area contributed by atoms with Crippen molar-refractivity contribution in [3.8, 4) is 0 Å². The molecular formula is C21H25FN2O4. The number of quaternary nitrogens is 1. The lowest BCUT2D eigenvalue weighted by atomic mass is 9.75. The number of hydroxylamine groups is 3. The number of halogens is 1. The first kappa shape index (κ1) is 18.1. The lowest BCUT2D eigenvalue weighted by Gasteiger charge is -2.54. The van der Waals surface area contributed by atoms with Crippen LogP contribution in [0.2, 0.25) is 0 Å². The van der Waals surface area contributed by atoms with Crippen LogP contribution in [-0.4, -0.2) is 41.7 Å². The van der Waals surface area contributed by atoms with Gasteiger partial charge in [0.25, 0.3) is 5.72 Å². The number of benzene rings is 1. The van der Waals surface area contributed by atoms with Gasteiger partial charge in [0.2, 0.25) is 0 Å². The maximum Gasteiger partial charge on any atom is 0.309 e. The van der Waals surface area contributed by atoms with Crippen molar-refractivity contribution in [2.75, 3.05) is 19.7 Å². The molecule has 5 atom stereocenters. The van der Waals surface area contributed by atoms with Crippen molar-refractivity contribution in [2.45, 2.75) is 38.3 Å². The summed E-state index contributed by atoms with van der Waals surface area (Å²) in [5, 5.41) is 18.4. The molecule has 0 amide bonds. The molecule has 2 saturated carbocycles. The van der Waals surface area contributed by atoms with E-state index in [2.05, 4.69) is 5.16 Å². The number of rotatable bonds is 4. The van der Waals surface area contributed by atoms with Crippen molar-refractivity contribution in [3.05, 3.63) is 40.9 Å². The van der Waals surface area contributed by atoms with Crippen LogP contribution in [0.3, 0.4) is 0 Å². The number of oxime groups is 1. The largest absolute Gasteiger partial charge is 0.630 e. The van der Waals surface area contributed by atoms with Gasteiger partial charge in [-0.05, 0) is 37.8 Å². The summed E-state index contributed by atoms with van der Waals surface area (Å²) in [6, 6.07) is 6.18. The van der Waals surface area contributed by atoms with Gasteiger partial charge in [0.15, 0.2) is 0 Å². The first-order valence-electron chi connectivity index (χ1n) is 10.3. The molecule has 6 nitrogen and oxygen atoms in total. The highest BCUT2D eigenvalue weighted by molar-refractivity contribution is 6.03. The zero-order valence-corrected chi connectivity index (χ0v) is 16.0. The zero-order valence-electron chi connectivity index (χ0n) is 16.0. The second kappa shape index (κ2) is 6.26. The smallest absolute Gasteiger partial charge is 0.309 e. The lowest BCUT2D eigenvalue weighted by molar-refractivity contribution is -0.955. The molecule has 2 aliphatic carbocycles. The molecular weight excluding hydrogens is 363 g/mol. The Morgan fingerprint density at radius 3 is 2.71 bits per heavy atom. The lowest BCUT2D eigenvalue weighted by Crippen LogP contribution is -2.66. The maximum atomic E-state index is 14.0. The molecule has 5 rings (SSSR count). The molecule has 1 aromatic rings. The van der Waals surface area contributed by atoms with Crippen LogP contribution in [-0.2, 0) is 14.4 Å². The van der Waals surface area contributed by atoms with Crippen molar-refractivity contribution in [2.24, 2.45) is 28.8 Å². The van der Waals surface area contributed by atoms with E-state index in [-0.39, 0.29) is 35.5 Å². The number of hydrogen-bond acceptors (Lipinski definition) is 5. The molecule has 0 bridgehead atoms. The van der Waals surface area contributed by atoms with Crippen LogP contribution < -0.4 is 0 Å². The summed E-state index contributed by atoms with van der Waals surface area (Å²) in [5.41, 5.74) is 0.444. The summed E-state index contributed by atoms with van der Waals surface area (Å²) >= 11 is 0. The first-order chi connectivity index (χ1) is 13.5. The van der Waals surface area contributed by atoms with E-state index in [1.807, 2.05) is 0 Å². The summed E-state index contributed by atoms with van der Waals surface area (Å²) in [6.45, 7) is 3.11. The number of fused-ring (bicyclic) bond motifs is 3. The molecule has 0 N–H and O–H groups in total. The predicted octanol–water partition coefficient (Wildman–Crippen LogP) is 3.20. The summed E-state index contributed by atoms with van der Waals surface area (Å²) in [4.78, 5) is 18.6. The Balaban J connectivity index is 1.54. The fraction of sp³-hybridized carbons (Fsp3) is 0.619. The molecule has 1 aromatic carbocycles. The Bertz CT molecular complexity index is 820.